The van der Waals surface area contributed by atoms with Crippen LogP contribution in [0.2, 0.25) is 0 Å². The number of aromatic nitrogens is 2. The van der Waals surface area contributed by atoms with Gasteiger partial charge in [-0.05, 0) is 44.0 Å². The molecule has 0 atom stereocenters. The molecule has 5 rings (SSSR count). The van der Waals surface area contributed by atoms with Crippen LogP contribution >= 0.6 is 11.3 Å². The van der Waals surface area contributed by atoms with Gasteiger partial charge in [-0.3, -0.25) is 4.90 Å². The molecule has 1 aliphatic heterocycles. The number of piperazine rings is 1. The maximum absolute atomic E-state index is 12.8. The molecule has 0 saturated carbocycles. The first-order valence-corrected chi connectivity index (χ1v) is 13.2. The number of anilines is 3. The number of aryl methyl sites for hydroxylation is 1. The van der Waals surface area contributed by atoms with E-state index < -0.39 is 0 Å². The molecular formula is C28H31N5O2S. The first-order valence-electron chi connectivity index (χ1n) is 12.4. The summed E-state index contributed by atoms with van der Waals surface area (Å²) < 4.78 is 5.35. The molecule has 36 heavy (non-hydrogen) atoms. The van der Waals surface area contributed by atoms with Crippen molar-refractivity contribution in [2.75, 3.05) is 43.0 Å². The molecule has 2 aromatic carbocycles. The average molecular weight is 502 g/mol. The summed E-state index contributed by atoms with van der Waals surface area (Å²) in [5, 5.41) is 4.22. The third-order valence-corrected chi connectivity index (χ3v) is 7.69. The number of benzene rings is 2. The Balaban J connectivity index is 1.44. The molecule has 8 heteroatoms. The summed E-state index contributed by atoms with van der Waals surface area (Å²) in [4.78, 5) is 28.6. The highest BCUT2D eigenvalue weighted by molar-refractivity contribution is 7.16. The minimum absolute atomic E-state index is 0.313. The third kappa shape index (κ3) is 5.05. The van der Waals surface area contributed by atoms with Gasteiger partial charge in [-0.1, -0.05) is 42.5 Å². The Kier molecular flexibility index (Phi) is 7.16. The zero-order chi connectivity index (χ0) is 25.1. The van der Waals surface area contributed by atoms with Crippen LogP contribution in [-0.2, 0) is 11.3 Å². The summed E-state index contributed by atoms with van der Waals surface area (Å²) in [6.07, 6.45) is 0. The summed E-state index contributed by atoms with van der Waals surface area (Å²) in [6, 6.07) is 18.5. The number of ether oxygens (including phenoxy) is 1. The minimum atomic E-state index is -0.313. The Bertz CT molecular complexity index is 1360. The van der Waals surface area contributed by atoms with Crippen molar-refractivity contribution in [1.29, 1.82) is 0 Å². The molecular weight excluding hydrogens is 470 g/mol. The molecule has 3 heterocycles. The fourth-order valence-electron chi connectivity index (χ4n) is 4.53. The van der Waals surface area contributed by atoms with Gasteiger partial charge in [0.1, 0.15) is 5.00 Å². The van der Waals surface area contributed by atoms with Crippen LogP contribution in [0.5, 0.6) is 0 Å². The van der Waals surface area contributed by atoms with Gasteiger partial charge in [0.05, 0.1) is 23.2 Å². The molecule has 2 aromatic heterocycles. The number of para-hydroxylation sites is 2. The molecule has 1 fully saturated rings. The molecule has 0 radical (unpaired) electrons. The molecule has 4 aromatic rings. The van der Waals surface area contributed by atoms with Crippen LogP contribution in [0.1, 0.15) is 33.3 Å². The van der Waals surface area contributed by atoms with Crippen molar-refractivity contribution in [2.24, 2.45) is 0 Å². The van der Waals surface area contributed by atoms with Gasteiger partial charge < -0.3 is 15.0 Å². The molecule has 1 aliphatic rings. The molecule has 0 bridgehead atoms. The second-order valence-corrected chi connectivity index (χ2v) is 10.2. The number of esters is 1. The average Bonchev–Trinajstić information content (AvgIpc) is 3.17. The summed E-state index contributed by atoms with van der Waals surface area (Å²) in [5.74, 6) is 1.16. The lowest BCUT2D eigenvalue weighted by Crippen LogP contribution is -2.46. The van der Waals surface area contributed by atoms with Gasteiger partial charge in [0.2, 0.25) is 0 Å². The van der Waals surface area contributed by atoms with Gasteiger partial charge in [-0.15, -0.1) is 11.3 Å². The van der Waals surface area contributed by atoms with E-state index in [9.17, 15) is 4.79 Å². The van der Waals surface area contributed by atoms with E-state index >= 15 is 0 Å². The number of nitrogens with one attached hydrogen (secondary N) is 1. The number of fused-ring (bicyclic) bond motifs is 1. The summed E-state index contributed by atoms with van der Waals surface area (Å²) >= 11 is 1.55. The molecule has 186 valence electrons. The molecule has 0 amide bonds. The highest BCUT2D eigenvalue weighted by Crippen LogP contribution is 2.37. The molecule has 0 spiro atoms. The summed E-state index contributed by atoms with van der Waals surface area (Å²) in [5.41, 5.74) is 4.51. The number of nitrogens with zero attached hydrogens (tertiary/aromatic N) is 4. The SMILES string of the molecule is CCOC(=O)c1c(Nc2nc3ccccc3nc2N2CCN(Cc3ccccc3)CC2)sc(C)c1C. The molecule has 1 N–H and O–H groups in total. The maximum atomic E-state index is 12.8. The smallest absolute Gasteiger partial charge is 0.341 e. The van der Waals surface area contributed by atoms with Crippen molar-refractivity contribution in [3.63, 3.8) is 0 Å². The van der Waals surface area contributed by atoms with Crippen LogP contribution in [0.4, 0.5) is 16.6 Å². The normalized spacial score (nSPS) is 14.2. The Morgan fingerprint density at radius 2 is 1.64 bits per heavy atom. The first-order chi connectivity index (χ1) is 17.5. The van der Waals surface area contributed by atoms with E-state index in [2.05, 4.69) is 45.4 Å². The topological polar surface area (TPSA) is 70.6 Å². The minimum Gasteiger partial charge on any atom is -0.462 e. The quantitative estimate of drug-likeness (QED) is 0.333. The number of hydrogen-bond acceptors (Lipinski definition) is 8. The maximum Gasteiger partial charge on any atom is 0.341 e. The van der Waals surface area contributed by atoms with Crippen molar-refractivity contribution in [3.8, 4) is 0 Å². The Morgan fingerprint density at radius 3 is 2.33 bits per heavy atom. The fourth-order valence-corrected chi connectivity index (χ4v) is 5.57. The standard InChI is InChI=1S/C28H31N5O2S/c1-4-35-28(34)24-19(2)20(3)36-27(24)31-25-26(30-23-13-9-8-12-22(23)29-25)33-16-14-32(15-17-33)18-21-10-6-5-7-11-21/h5-13H,4,14-18H2,1-3H3,(H,29,31). The molecule has 0 unspecified atom stereocenters. The third-order valence-electron chi connectivity index (χ3n) is 6.57. The van der Waals surface area contributed by atoms with E-state index in [4.69, 9.17) is 14.7 Å². The van der Waals surface area contributed by atoms with Crippen molar-refractivity contribution in [2.45, 2.75) is 27.3 Å². The highest BCUT2D eigenvalue weighted by Gasteiger charge is 2.25. The monoisotopic (exact) mass is 501 g/mol. The van der Waals surface area contributed by atoms with Gasteiger partial charge in [0.15, 0.2) is 11.6 Å². The van der Waals surface area contributed by atoms with Crippen molar-refractivity contribution in [3.05, 3.63) is 76.2 Å². The van der Waals surface area contributed by atoms with Gasteiger partial charge in [-0.25, -0.2) is 14.8 Å². The van der Waals surface area contributed by atoms with Gasteiger partial charge >= 0.3 is 5.97 Å². The number of carbonyl (C=O) groups excluding carboxylic acids is 1. The van der Waals surface area contributed by atoms with E-state index in [0.29, 0.717) is 18.0 Å². The number of hydrogen-bond donors (Lipinski definition) is 1. The van der Waals surface area contributed by atoms with Crippen LogP contribution in [0.3, 0.4) is 0 Å². The number of carbonyl (C=O) groups is 1. The molecule has 7 nitrogen and oxygen atoms in total. The summed E-state index contributed by atoms with van der Waals surface area (Å²) in [7, 11) is 0. The second-order valence-electron chi connectivity index (χ2n) is 8.97. The Morgan fingerprint density at radius 1 is 0.972 bits per heavy atom. The predicted molar refractivity (Wildman–Crippen MR) is 147 cm³/mol. The zero-order valence-electron chi connectivity index (χ0n) is 21.0. The first kappa shape index (κ1) is 24.2. The highest BCUT2D eigenvalue weighted by atomic mass is 32.1. The van der Waals surface area contributed by atoms with Crippen LogP contribution in [-0.4, -0.2) is 53.6 Å². The van der Waals surface area contributed by atoms with Gasteiger partial charge in [0, 0.05) is 37.6 Å². The van der Waals surface area contributed by atoms with Crippen LogP contribution in [0, 0.1) is 13.8 Å². The van der Waals surface area contributed by atoms with E-state index in [1.807, 2.05) is 45.0 Å². The van der Waals surface area contributed by atoms with E-state index in [1.54, 1.807) is 11.3 Å². The van der Waals surface area contributed by atoms with Crippen LogP contribution in [0.15, 0.2) is 54.6 Å². The van der Waals surface area contributed by atoms with Crippen molar-refractivity contribution in [1.82, 2.24) is 14.9 Å². The summed E-state index contributed by atoms with van der Waals surface area (Å²) in [6.45, 7) is 10.7. The van der Waals surface area contributed by atoms with Crippen LogP contribution < -0.4 is 10.2 Å². The molecule has 0 aliphatic carbocycles. The lowest BCUT2D eigenvalue weighted by Gasteiger charge is -2.36. The Labute approximate surface area is 215 Å². The van der Waals surface area contributed by atoms with E-state index in [1.165, 1.54) is 5.56 Å². The second kappa shape index (κ2) is 10.6. The predicted octanol–water partition coefficient (Wildman–Crippen LogP) is 5.55. The number of rotatable bonds is 7. The van der Waals surface area contributed by atoms with Crippen molar-refractivity contribution >= 4 is 45.0 Å². The van der Waals surface area contributed by atoms with Gasteiger partial charge in [0.25, 0.3) is 0 Å². The lowest BCUT2D eigenvalue weighted by atomic mass is 10.1. The largest absolute Gasteiger partial charge is 0.462 e. The fraction of sp³-hybridized carbons (Fsp3) is 0.321. The van der Waals surface area contributed by atoms with E-state index in [0.717, 1.165) is 65.0 Å². The number of thiophene rings is 1. The van der Waals surface area contributed by atoms with Crippen LogP contribution in [0.25, 0.3) is 11.0 Å². The van der Waals surface area contributed by atoms with Crippen molar-refractivity contribution < 1.29 is 9.53 Å². The van der Waals surface area contributed by atoms with Gasteiger partial charge in [-0.2, -0.15) is 0 Å². The zero-order valence-corrected chi connectivity index (χ0v) is 21.8. The molecule has 1 saturated heterocycles. The van der Waals surface area contributed by atoms with E-state index in [-0.39, 0.29) is 5.97 Å². The lowest BCUT2D eigenvalue weighted by molar-refractivity contribution is 0.0527. The Hall–Kier alpha value is -3.49.